The molecule has 2 N–H and O–H groups in total. The Labute approximate surface area is 134 Å². The summed E-state index contributed by atoms with van der Waals surface area (Å²) in [4.78, 5) is 0. The van der Waals surface area contributed by atoms with Crippen LogP contribution in [0.4, 0.5) is 0 Å². The van der Waals surface area contributed by atoms with Gasteiger partial charge in [-0.1, -0.05) is 56.9 Å². The van der Waals surface area contributed by atoms with Gasteiger partial charge < -0.3 is 10.6 Å². The summed E-state index contributed by atoms with van der Waals surface area (Å²) in [7, 11) is 0. The first-order valence-corrected chi connectivity index (χ1v) is 8.75. The molecule has 0 aromatic heterocycles. The average Bonchev–Trinajstić information content (AvgIpc) is 2.49. The highest BCUT2D eigenvalue weighted by Gasteiger charge is 2.15. The van der Waals surface area contributed by atoms with Crippen molar-refractivity contribution in [2.45, 2.75) is 70.9 Å². The molecule has 1 atom stereocenters. The fraction of sp³-hybridized carbons (Fsp3) is 0.611. The molecule has 0 amide bonds. The molecule has 1 aromatic rings. The second kappa shape index (κ2) is 8.38. The predicted octanol–water partition coefficient (Wildman–Crippen LogP) is 4.50. The maximum atomic E-state index is 5.46. The summed E-state index contributed by atoms with van der Waals surface area (Å²) >= 11 is 5.46. The number of thiocarbonyl (C=S) groups is 1. The second-order valence-corrected chi connectivity index (χ2v) is 6.57. The number of hydrogen-bond acceptors (Lipinski definition) is 1. The van der Waals surface area contributed by atoms with Gasteiger partial charge >= 0.3 is 0 Å². The van der Waals surface area contributed by atoms with E-state index < -0.39 is 0 Å². The van der Waals surface area contributed by atoms with Gasteiger partial charge in [-0.05, 0) is 49.5 Å². The summed E-state index contributed by atoms with van der Waals surface area (Å²) in [5.74, 6) is 0. The van der Waals surface area contributed by atoms with Crippen molar-refractivity contribution in [2.75, 3.05) is 0 Å². The van der Waals surface area contributed by atoms with Crippen LogP contribution in [0.3, 0.4) is 0 Å². The molecule has 0 unspecified atom stereocenters. The molecule has 0 heterocycles. The summed E-state index contributed by atoms with van der Waals surface area (Å²) in [6.07, 6.45) is 8.89. The van der Waals surface area contributed by atoms with E-state index in [1.807, 2.05) is 0 Å². The van der Waals surface area contributed by atoms with Crippen LogP contribution in [0.5, 0.6) is 0 Å². The van der Waals surface area contributed by atoms with Crippen LogP contribution in [0, 0.1) is 0 Å². The highest BCUT2D eigenvalue weighted by Crippen LogP contribution is 2.18. The molecule has 1 fully saturated rings. The number of rotatable bonds is 5. The first-order valence-electron chi connectivity index (χ1n) is 8.35. The van der Waals surface area contributed by atoms with E-state index in [0.717, 1.165) is 11.5 Å². The summed E-state index contributed by atoms with van der Waals surface area (Å²) in [5.41, 5.74) is 2.71. The van der Waals surface area contributed by atoms with Crippen LogP contribution in [0.25, 0.3) is 0 Å². The zero-order chi connectivity index (χ0) is 15.1. The molecule has 0 spiro atoms. The van der Waals surface area contributed by atoms with Gasteiger partial charge in [0.1, 0.15) is 0 Å². The fourth-order valence-corrected chi connectivity index (χ4v) is 3.36. The van der Waals surface area contributed by atoms with Crippen molar-refractivity contribution in [3.63, 3.8) is 0 Å². The van der Waals surface area contributed by atoms with E-state index in [2.05, 4.69) is 48.7 Å². The highest BCUT2D eigenvalue weighted by atomic mass is 32.1. The fourth-order valence-electron chi connectivity index (χ4n) is 3.02. The maximum absolute atomic E-state index is 5.46. The van der Waals surface area contributed by atoms with Crippen molar-refractivity contribution in [3.05, 3.63) is 35.4 Å². The van der Waals surface area contributed by atoms with Crippen molar-refractivity contribution in [1.29, 1.82) is 0 Å². The van der Waals surface area contributed by atoms with E-state index >= 15 is 0 Å². The smallest absolute Gasteiger partial charge is 0.166 e. The van der Waals surface area contributed by atoms with Gasteiger partial charge in [0, 0.05) is 6.04 Å². The van der Waals surface area contributed by atoms with E-state index in [4.69, 9.17) is 12.2 Å². The van der Waals surface area contributed by atoms with Gasteiger partial charge in [-0.25, -0.2) is 0 Å². The standard InChI is InChI=1S/C18H28N2S/c1-3-7-15-10-12-16(13-11-15)14(2)19-18(21)20-17-8-5-4-6-9-17/h10-14,17H,3-9H2,1-2H3,(H2,19,20,21)/t14-/m1/s1. The average molecular weight is 305 g/mol. The minimum absolute atomic E-state index is 0.254. The van der Waals surface area contributed by atoms with Crippen molar-refractivity contribution >= 4 is 17.3 Å². The summed E-state index contributed by atoms with van der Waals surface area (Å²) in [6.45, 7) is 4.39. The minimum atomic E-state index is 0.254. The Bertz CT molecular complexity index is 435. The summed E-state index contributed by atoms with van der Waals surface area (Å²) < 4.78 is 0. The lowest BCUT2D eigenvalue weighted by Crippen LogP contribution is -2.43. The predicted molar refractivity (Wildman–Crippen MR) is 94.6 cm³/mol. The van der Waals surface area contributed by atoms with Crippen molar-refractivity contribution < 1.29 is 0 Å². The Morgan fingerprint density at radius 1 is 1.19 bits per heavy atom. The van der Waals surface area contributed by atoms with Gasteiger partial charge in [0.25, 0.3) is 0 Å². The van der Waals surface area contributed by atoms with E-state index in [0.29, 0.717) is 6.04 Å². The van der Waals surface area contributed by atoms with Crippen LogP contribution in [0.1, 0.15) is 69.5 Å². The Balaban J connectivity index is 1.82. The lowest BCUT2D eigenvalue weighted by molar-refractivity contribution is 0.411. The van der Waals surface area contributed by atoms with Gasteiger partial charge in [-0.15, -0.1) is 0 Å². The zero-order valence-corrected chi connectivity index (χ0v) is 14.1. The third-order valence-electron chi connectivity index (χ3n) is 4.31. The van der Waals surface area contributed by atoms with Crippen molar-refractivity contribution in [1.82, 2.24) is 10.6 Å². The molecule has 1 aliphatic carbocycles. The van der Waals surface area contributed by atoms with Gasteiger partial charge in [0.15, 0.2) is 5.11 Å². The maximum Gasteiger partial charge on any atom is 0.166 e. The molecule has 0 radical (unpaired) electrons. The number of aryl methyl sites for hydroxylation is 1. The molecule has 116 valence electrons. The molecule has 1 saturated carbocycles. The first-order chi connectivity index (χ1) is 10.2. The zero-order valence-electron chi connectivity index (χ0n) is 13.3. The molecule has 0 bridgehead atoms. The van der Waals surface area contributed by atoms with Gasteiger partial charge in [0.05, 0.1) is 6.04 Å². The normalized spacial score (nSPS) is 17.2. The van der Waals surface area contributed by atoms with Gasteiger partial charge in [0.2, 0.25) is 0 Å². The Morgan fingerprint density at radius 3 is 2.48 bits per heavy atom. The second-order valence-electron chi connectivity index (χ2n) is 6.17. The van der Waals surface area contributed by atoms with E-state index in [1.165, 1.54) is 49.7 Å². The molecule has 2 rings (SSSR count). The molecular weight excluding hydrogens is 276 g/mol. The molecule has 0 aliphatic heterocycles. The monoisotopic (exact) mass is 304 g/mol. The topological polar surface area (TPSA) is 24.1 Å². The molecule has 21 heavy (non-hydrogen) atoms. The van der Waals surface area contributed by atoms with Crippen LogP contribution in [0.15, 0.2) is 24.3 Å². The largest absolute Gasteiger partial charge is 0.360 e. The van der Waals surface area contributed by atoms with Crippen LogP contribution < -0.4 is 10.6 Å². The minimum Gasteiger partial charge on any atom is -0.360 e. The van der Waals surface area contributed by atoms with Crippen LogP contribution in [-0.2, 0) is 6.42 Å². The summed E-state index contributed by atoms with van der Waals surface area (Å²) in [5, 5.41) is 7.68. The van der Waals surface area contributed by atoms with E-state index in [9.17, 15) is 0 Å². The van der Waals surface area contributed by atoms with Crippen molar-refractivity contribution in [2.24, 2.45) is 0 Å². The van der Waals surface area contributed by atoms with Gasteiger partial charge in [-0.2, -0.15) is 0 Å². The van der Waals surface area contributed by atoms with Gasteiger partial charge in [-0.3, -0.25) is 0 Å². The SMILES string of the molecule is CCCc1ccc([C@@H](C)NC(=S)NC2CCCCC2)cc1. The molecular formula is C18H28N2S. The molecule has 1 aromatic carbocycles. The Kier molecular flexibility index (Phi) is 6.50. The highest BCUT2D eigenvalue weighted by molar-refractivity contribution is 7.80. The Hall–Kier alpha value is -1.09. The molecule has 0 saturated heterocycles. The Morgan fingerprint density at radius 2 is 1.86 bits per heavy atom. The lowest BCUT2D eigenvalue weighted by Gasteiger charge is -2.26. The van der Waals surface area contributed by atoms with Crippen molar-refractivity contribution in [3.8, 4) is 0 Å². The number of hydrogen-bond donors (Lipinski definition) is 2. The van der Waals surface area contributed by atoms with E-state index in [1.54, 1.807) is 0 Å². The van der Waals surface area contributed by atoms with Crippen LogP contribution in [0.2, 0.25) is 0 Å². The van der Waals surface area contributed by atoms with Crippen LogP contribution >= 0.6 is 12.2 Å². The summed E-state index contributed by atoms with van der Waals surface area (Å²) in [6, 6.07) is 9.71. The van der Waals surface area contributed by atoms with Crippen LogP contribution in [-0.4, -0.2) is 11.2 Å². The molecule has 1 aliphatic rings. The quantitative estimate of drug-likeness (QED) is 0.783. The third-order valence-corrected chi connectivity index (χ3v) is 4.54. The third kappa shape index (κ3) is 5.31. The lowest BCUT2D eigenvalue weighted by atomic mass is 9.96. The molecule has 3 heteroatoms. The van der Waals surface area contributed by atoms with E-state index in [-0.39, 0.29) is 6.04 Å². The first kappa shape index (κ1) is 16.3. The molecule has 2 nitrogen and oxygen atoms in total. The number of nitrogens with one attached hydrogen (secondary N) is 2. The number of benzene rings is 1.